The molecule has 0 aliphatic rings. The van der Waals surface area contributed by atoms with Crippen LogP contribution in [0.25, 0.3) is 0 Å². The first-order valence-corrected chi connectivity index (χ1v) is 4.95. The van der Waals surface area contributed by atoms with Crippen molar-refractivity contribution in [1.82, 2.24) is 0 Å². The quantitative estimate of drug-likeness (QED) is 0.500. The molecule has 0 aliphatic heterocycles. The summed E-state index contributed by atoms with van der Waals surface area (Å²) in [6, 6.07) is 7.78. The Balaban J connectivity index is 3.08. The number of benzene rings is 1. The summed E-state index contributed by atoms with van der Waals surface area (Å²) in [4.78, 5) is 0. The second-order valence-corrected chi connectivity index (χ2v) is 3.14. The molecule has 64 valence electrons. The lowest BCUT2D eigenvalue weighted by molar-refractivity contribution is 1.38. The third-order valence-electron chi connectivity index (χ3n) is 1.66. The molecule has 0 radical (unpaired) electrons. The van der Waals surface area contributed by atoms with Gasteiger partial charge in [-0.25, -0.2) is 0 Å². The maximum atomic E-state index is 8.76. The van der Waals surface area contributed by atoms with Crippen molar-refractivity contribution >= 4 is 15.9 Å². The first kappa shape index (κ1) is 9.84. The van der Waals surface area contributed by atoms with Crippen LogP contribution in [0.5, 0.6) is 0 Å². The van der Waals surface area contributed by atoms with Crippen LogP contribution in [0.2, 0.25) is 0 Å². The van der Waals surface area contributed by atoms with Gasteiger partial charge in [0.2, 0.25) is 0 Å². The molecular formula is C11H8BrN. The summed E-state index contributed by atoms with van der Waals surface area (Å²) < 4.78 is 0. The molecule has 1 nitrogen and oxygen atoms in total. The first-order valence-electron chi connectivity index (χ1n) is 3.83. The first-order chi connectivity index (χ1) is 6.27. The van der Waals surface area contributed by atoms with Crippen LogP contribution in [0.15, 0.2) is 18.2 Å². The van der Waals surface area contributed by atoms with Crippen molar-refractivity contribution in [3.63, 3.8) is 0 Å². The SMILES string of the molecule is Cc1ccc(C#CCBr)cc1C#N. The Morgan fingerprint density at radius 2 is 2.23 bits per heavy atom. The van der Waals surface area contributed by atoms with Crippen molar-refractivity contribution in [2.45, 2.75) is 6.92 Å². The average Bonchev–Trinajstić information content (AvgIpc) is 2.16. The molecule has 0 fully saturated rings. The highest BCUT2D eigenvalue weighted by molar-refractivity contribution is 9.09. The standard InChI is InChI=1S/C11H8BrN/c1-9-4-5-10(3-2-6-12)7-11(9)8-13/h4-5,7H,6H2,1H3. The molecule has 0 amide bonds. The number of alkyl halides is 1. The van der Waals surface area contributed by atoms with Crippen LogP contribution in [-0.2, 0) is 0 Å². The summed E-state index contributed by atoms with van der Waals surface area (Å²) in [6.45, 7) is 1.92. The van der Waals surface area contributed by atoms with Gasteiger partial charge in [0.15, 0.2) is 0 Å². The van der Waals surface area contributed by atoms with Crippen molar-refractivity contribution in [2.24, 2.45) is 0 Å². The van der Waals surface area contributed by atoms with E-state index >= 15 is 0 Å². The molecule has 0 heterocycles. The van der Waals surface area contributed by atoms with Crippen LogP contribution in [0.3, 0.4) is 0 Å². The molecule has 0 saturated heterocycles. The monoisotopic (exact) mass is 233 g/mol. The van der Waals surface area contributed by atoms with E-state index in [9.17, 15) is 0 Å². The summed E-state index contributed by atoms with van der Waals surface area (Å²) >= 11 is 3.22. The van der Waals surface area contributed by atoms with Crippen LogP contribution in [0, 0.1) is 30.1 Å². The average molecular weight is 234 g/mol. The molecule has 0 aromatic heterocycles. The van der Waals surface area contributed by atoms with E-state index in [0.29, 0.717) is 10.9 Å². The molecule has 0 atom stereocenters. The Morgan fingerprint density at radius 3 is 2.85 bits per heavy atom. The minimum Gasteiger partial charge on any atom is -0.192 e. The number of nitriles is 1. The maximum Gasteiger partial charge on any atom is 0.0994 e. The number of hydrogen-bond acceptors (Lipinski definition) is 1. The number of rotatable bonds is 0. The highest BCUT2D eigenvalue weighted by Crippen LogP contribution is 2.08. The third kappa shape index (κ3) is 2.61. The number of nitrogens with zero attached hydrogens (tertiary/aromatic N) is 1. The molecule has 0 N–H and O–H groups in total. The van der Waals surface area contributed by atoms with Gasteiger partial charge in [0.25, 0.3) is 0 Å². The van der Waals surface area contributed by atoms with E-state index in [2.05, 4.69) is 33.8 Å². The van der Waals surface area contributed by atoms with Gasteiger partial charge in [-0.1, -0.05) is 33.8 Å². The lowest BCUT2D eigenvalue weighted by atomic mass is 10.1. The predicted octanol–water partition coefficient (Wildman–Crippen LogP) is 2.61. The van der Waals surface area contributed by atoms with Crippen molar-refractivity contribution < 1.29 is 0 Å². The van der Waals surface area contributed by atoms with Crippen LogP contribution in [0.4, 0.5) is 0 Å². The maximum absolute atomic E-state index is 8.76. The lowest BCUT2D eigenvalue weighted by Crippen LogP contribution is -1.83. The zero-order chi connectivity index (χ0) is 9.68. The van der Waals surface area contributed by atoms with Crippen LogP contribution in [0.1, 0.15) is 16.7 Å². The topological polar surface area (TPSA) is 23.8 Å². The highest BCUT2D eigenvalue weighted by Gasteiger charge is 1.96. The van der Waals surface area contributed by atoms with Crippen molar-refractivity contribution in [3.05, 3.63) is 34.9 Å². The van der Waals surface area contributed by atoms with Gasteiger partial charge in [-0.15, -0.1) is 0 Å². The molecule has 1 aromatic carbocycles. The van der Waals surface area contributed by atoms with Gasteiger partial charge in [-0.2, -0.15) is 5.26 Å². The van der Waals surface area contributed by atoms with E-state index in [1.165, 1.54) is 0 Å². The van der Waals surface area contributed by atoms with Crippen LogP contribution in [-0.4, -0.2) is 5.33 Å². The summed E-state index contributed by atoms with van der Waals surface area (Å²) in [5, 5.41) is 9.42. The molecule has 2 heteroatoms. The largest absolute Gasteiger partial charge is 0.192 e. The van der Waals surface area contributed by atoms with Crippen molar-refractivity contribution in [2.75, 3.05) is 5.33 Å². The van der Waals surface area contributed by atoms with Gasteiger partial charge in [-0.3, -0.25) is 0 Å². The zero-order valence-electron chi connectivity index (χ0n) is 7.26. The Morgan fingerprint density at radius 1 is 1.46 bits per heavy atom. The Bertz CT molecular complexity index is 404. The van der Waals surface area contributed by atoms with Gasteiger partial charge >= 0.3 is 0 Å². The molecule has 0 bridgehead atoms. The fourth-order valence-corrected chi connectivity index (χ4v) is 1.10. The Labute approximate surface area is 86.5 Å². The van der Waals surface area contributed by atoms with Crippen molar-refractivity contribution in [1.29, 1.82) is 5.26 Å². The van der Waals surface area contributed by atoms with E-state index in [-0.39, 0.29) is 0 Å². The normalized spacial score (nSPS) is 8.38. The van der Waals surface area contributed by atoms with E-state index in [4.69, 9.17) is 5.26 Å². The zero-order valence-corrected chi connectivity index (χ0v) is 8.85. The smallest absolute Gasteiger partial charge is 0.0994 e. The summed E-state index contributed by atoms with van der Waals surface area (Å²) in [5.41, 5.74) is 2.58. The van der Waals surface area contributed by atoms with E-state index in [0.717, 1.165) is 11.1 Å². The molecule has 1 aromatic rings. The Kier molecular flexibility index (Phi) is 3.55. The minimum absolute atomic E-state index is 0.656. The fraction of sp³-hybridized carbons (Fsp3) is 0.182. The fourth-order valence-electron chi connectivity index (χ4n) is 0.956. The van der Waals surface area contributed by atoms with Crippen LogP contribution < -0.4 is 0 Å². The predicted molar refractivity (Wildman–Crippen MR) is 56.6 cm³/mol. The van der Waals surface area contributed by atoms with E-state index in [1.54, 1.807) is 0 Å². The Hall–Kier alpha value is -1.25. The van der Waals surface area contributed by atoms with E-state index < -0.39 is 0 Å². The highest BCUT2D eigenvalue weighted by atomic mass is 79.9. The summed E-state index contributed by atoms with van der Waals surface area (Å²) in [7, 11) is 0. The molecule has 0 unspecified atom stereocenters. The summed E-state index contributed by atoms with van der Waals surface area (Å²) in [5.74, 6) is 5.84. The molecule has 13 heavy (non-hydrogen) atoms. The van der Waals surface area contributed by atoms with Gasteiger partial charge in [0.1, 0.15) is 0 Å². The third-order valence-corrected chi connectivity index (χ3v) is 1.94. The number of aryl methyl sites for hydroxylation is 1. The summed E-state index contributed by atoms with van der Waals surface area (Å²) in [6.07, 6.45) is 0. The lowest BCUT2D eigenvalue weighted by Gasteiger charge is -1.96. The van der Waals surface area contributed by atoms with Gasteiger partial charge < -0.3 is 0 Å². The minimum atomic E-state index is 0.656. The number of halogens is 1. The van der Waals surface area contributed by atoms with Gasteiger partial charge in [0.05, 0.1) is 17.0 Å². The molecule has 0 spiro atoms. The number of hydrogen-bond donors (Lipinski definition) is 0. The molecular weight excluding hydrogens is 226 g/mol. The molecule has 0 saturated carbocycles. The second-order valence-electron chi connectivity index (χ2n) is 2.58. The van der Waals surface area contributed by atoms with E-state index in [1.807, 2.05) is 25.1 Å². The second kappa shape index (κ2) is 4.70. The van der Waals surface area contributed by atoms with Gasteiger partial charge in [-0.05, 0) is 24.6 Å². The molecule has 0 aliphatic carbocycles. The van der Waals surface area contributed by atoms with Crippen molar-refractivity contribution in [3.8, 4) is 17.9 Å². The van der Waals surface area contributed by atoms with Gasteiger partial charge in [0, 0.05) is 5.56 Å². The molecule has 1 rings (SSSR count). The van der Waals surface area contributed by atoms with Crippen LogP contribution >= 0.6 is 15.9 Å².